The van der Waals surface area contributed by atoms with Gasteiger partial charge < -0.3 is 9.64 Å². The van der Waals surface area contributed by atoms with Crippen LogP contribution in [-0.4, -0.2) is 27.6 Å². The molecular formula is C20H20ClN3O2. The molecule has 0 aliphatic rings. The third-order valence-corrected chi connectivity index (χ3v) is 4.19. The van der Waals surface area contributed by atoms with Crippen LogP contribution in [0.3, 0.4) is 0 Å². The van der Waals surface area contributed by atoms with Crippen molar-refractivity contribution in [2.75, 3.05) is 7.05 Å². The average Bonchev–Trinajstić information content (AvgIpc) is 3.06. The standard InChI is InChI=1S/C20H20ClN3O2/c1-23(13-18-11-12-24(2)22-18)20(25)16-5-3-15(4-6-16)14-26-19-9-7-17(21)8-10-19/h3-12H,13-14H2,1-2H3. The molecule has 5 nitrogen and oxygen atoms in total. The zero-order chi connectivity index (χ0) is 18.5. The molecule has 0 fully saturated rings. The minimum atomic E-state index is -0.0409. The third-order valence-electron chi connectivity index (χ3n) is 3.93. The van der Waals surface area contributed by atoms with Gasteiger partial charge in [-0.2, -0.15) is 5.10 Å². The summed E-state index contributed by atoms with van der Waals surface area (Å²) < 4.78 is 7.44. The van der Waals surface area contributed by atoms with Crippen LogP contribution >= 0.6 is 11.6 Å². The van der Waals surface area contributed by atoms with E-state index in [0.29, 0.717) is 23.7 Å². The van der Waals surface area contributed by atoms with Crippen LogP contribution in [0.25, 0.3) is 0 Å². The van der Waals surface area contributed by atoms with E-state index in [-0.39, 0.29) is 5.91 Å². The summed E-state index contributed by atoms with van der Waals surface area (Å²) in [7, 11) is 3.63. The highest BCUT2D eigenvalue weighted by atomic mass is 35.5. The second-order valence-corrected chi connectivity index (χ2v) is 6.52. The molecule has 0 saturated carbocycles. The topological polar surface area (TPSA) is 47.4 Å². The molecule has 0 bridgehead atoms. The smallest absolute Gasteiger partial charge is 0.253 e. The maximum atomic E-state index is 12.5. The number of ether oxygens (including phenoxy) is 1. The zero-order valence-corrected chi connectivity index (χ0v) is 15.5. The van der Waals surface area contributed by atoms with Gasteiger partial charge in [0.25, 0.3) is 5.91 Å². The fraction of sp³-hybridized carbons (Fsp3) is 0.200. The molecule has 1 amide bonds. The minimum absolute atomic E-state index is 0.0409. The second-order valence-electron chi connectivity index (χ2n) is 6.08. The van der Waals surface area contributed by atoms with Crippen LogP contribution in [0.1, 0.15) is 21.6 Å². The lowest BCUT2D eigenvalue weighted by Gasteiger charge is -2.16. The molecule has 0 aliphatic heterocycles. The number of carbonyl (C=O) groups is 1. The lowest BCUT2D eigenvalue weighted by molar-refractivity contribution is 0.0783. The summed E-state index contributed by atoms with van der Waals surface area (Å²) in [4.78, 5) is 14.2. The monoisotopic (exact) mass is 369 g/mol. The highest BCUT2D eigenvalue weighted by molar-refractivity contribution is 6.30. The first-order valence-electron chi connectivity index (χ1n) is 8.22. The second kappa shape index (κ2) is 8.06. The Hall–Kier alpha value is -2.79. The number of benzene rings is 2. The number of hydrogen-bond acceptors (Lipinski definition) is 3. The van der Waals surface area contributed by atoms with Crippen LogP contribution in [0.2, 0.25) is 5.02 Å². The van der Waals surface area contributed by atoms with Crippen molar-refractivity contribution in [1.82, 2.24) is 14.7 Å². The number of aryl methyl sites for hydroxylation is 1. The Balaban J connectivity index is 1.57. The number of amides is 1. The Labute approximate surface area is 157 Å². The van der Waals surface area contributed by atoms with Crippen LogP contribution in [0.5, 0.6) is 5.75 Å². The SMILES string of the molecule is CN(Cc1ccn(C)n1)C(=O)c1ccc(COc2ccc(Cl)cc2)cc1. The summed E-state index contributed by atoms with van der Waals surface area (Å²) in [5, 5.41) is 4.97. The Morgan fingerprint density at radius 3 is 2.42 bits per heavy atom. The van der Waals surface area contributed by atoms with Crippen molar-refractivity contribution in [2.45, 2.75) is 13.2 Å². The summed E-state index contributed by atoms with van der Waals surface area (Å²) in [5.41, 5.74) is 2.49. The minimum Gasteiger partial charge on any atom is -0.489 e. The van der Waals surface area contributed by atoms with E-state index in [9.17, 15) is 4.79 Å². The van der Waals surface area contributed by atoms with Crippen molar-refractivity contribution in [2.24, 2.45) is 7.05 Å². The van der Waals surface area contributed by atoms with Crippen LogP contribution in [-0.2, 0) is 20.2 Å². The van der Waals surface area contributed by atoms with Crippen molar-refractivity contribution >= 4 is 17.5 Å². The van der Waals surface area contributed by atoms with Gasteiger partial charge in [0, 0.05) is 30.9 Å². The van der Waals surface area contributed by atoms with E-state index < -0.39 is 0 Å². The summed E-state index contributed by atoms with van der Waals surface area (Å²) in [5.74, 6) is 0.713. The van der Waals surface area contributed by atoms with Crippen molar-refractivity contribution in [1.29, 1.82) is 0 Å². The predicted molar refractivity (Wildman–Crippen MR) is 101 cm³/mol. The van der Waals surface area contributed by atoms with E-state index in [2.05, 4.69) is 5.10 Å². The first-order valence-corrected chi connectivity index (χ1v) is 8.60. The molecule has 0 radical (unpaired) electrons. The third kappa shape index (κ3) is 4.64. The van der Waals surface area contributed by atoms with Crippen molar-refractivity contribution in [3.8, 4) is 5.75 Å². The molecule has 0 unspecified atom stereocenters. The molecule has 1 aromatic heterocycles. The number of nitrogens with zero attached hydrogens (tertiary/aromatic N) is 3. The molecule has 3 rings (SSSR count). The number of rotatable bonds is 6. The molecule has 6 heteroatoms. The fourth-order valence-electron chi connectivity index (χ4n) is 2.52. The van der Waals surface area contributed by atoms with Gasteiger partial charge in [0.2, 0.25) is 0 Å². The van der Waals surface area contributed by atoms with Gasteiger partial charge in [0.1, 0.15) is 12.4 Å². The Bertz CT molecular complexity index is 873. The van der Waals surface area contributed by atoms with E-state index in [1.54, 1.807) is 28.8 Å². The van der Waals surface area contributed by atoms with E-state index >= 15 is 0 Å². The van der Waals surface area contributed by atoms with Crippen LogP contribution in [0.15, 0.2) is 60.8 Å². The molecule has 0 spiro atoms. The quantitative estimate of drug-likeness (QED) is 0.661. The van der Waals surface area contributed by atoms with Gasteiger partial charge in [-0.25, -0.2) is 0 Å². The molecule has 0 atom stereocenters. The van der Waals surface area contributed by atoms with E-state index in [4.69, 9.17) is 16.3 Å². The van der Waals surface area contributed by atoms with E-state index in [0.717, 1.165) is 17.0 Å². The first-order chi connectivity index (χ1) is 12.5. The molecule has 3 aromatic rings. The fourth-order valence-corrected chi connectivity index (χ4v) is 2.65. The maximum absolute atomic E-state index is 12.5. The van der Waals surface area contributed by atoms with Gasteiger partial charge in [-0.15, -0.1) is 0 Å². The number of halogens is 1. The maximum Gasteiger partial charge on any atom is 0.253 e. The summed E-state index contributed by atoms with van der Waals surface area (Å²) in [6, 6.07) is 16.6. The molecule has 2 aromatic carbocycles. The molecule has 0 aliphatic carbocycles. The summed E-state index contributed by atoms with van der Waals surface area (Å²) in [6.45, 7) is 0.904. The number of carbonyl (C=O) groups excluding carboxylic acids is 1. The lowest BCUT2D eigenvalue weighted by Crippen LogP contribution is -2.26. The van der Waals surface area contributed by atoms with Crippen molar-refractivity contribution in [3.63, 3.8) is 0 Å². The van der Waals surface area contributed by atoms with Gasteiger partial charge in [0.15, 0.2) is 0 Å². The Morgan fingerprint density at radius 1 is 1.12 bits per heavy atom. The van der Waals surface area contributed by atoms with Gasteiger partial charge in [-0.1, -0.05) is 23.7 Å². The Morgan fingerprint density at radius 2 is 1.81 bits per heavy atom. The van der Waals surface area contributed by atoms with Gasteiger partial charge in [-0.3, -0.25) is 9.48 Å². The lowest BCUT2D eigenvalue weighted by atomic mass is 10.1. The molecule has 134 valence electrons. The zero-order valence-electron chi connectivity index (χ0n) is 14.7. The molecular weight excluding hydrogens is 350 g/mol. The summed E-state index contributed by atoms with van der Waals surface area (Å²) >= 11 is 5.86. The molecule has 0 saturated heterocycles. The molecule has 0 N–H and O–H groups in total. The number of hydrogen-bond donors (Lipinski definition) is 0. The predicted octanol–water partition coefficient (Wildman–Crippen LogP) is 3.92. The van der Waals surface area contributed by atoms with Crippen LogP contribution in [0, 0.1) is 0 Å². The van der Waals surface area contributed by atoms with Crippen LogP contribution in [0.4, 0.5) is 0 Å². The van der Waals surface area contributed by atoms with E-state index in [1.165, 1.54) is 0 Å². The number of aromatic nitrogens is 2. The highest BCUT2D eigenvalue weighted by Gasteiger charge is 2.13. The van der Waals surface area contributed by atoms with Crippen molar-refractivity contribution < 1.29 is 9.53 Å². The van der Waals surface area contributed by atoms with Gasteiger partial charge in [0.05, 0.1) is 12.2 Å². The summed E-state index contributed by atoms with van der Waals surface area (Å²) in [6.07, 6.45) is 1.86. The normalized spacial score (nSPS) is 10.6. The van der Waals surface area contributed by atoms with Gasteiger partial charge >= 0.3 is 0 Å². The van der Waals surface area contributed by atoms with Gasteiger partial charge in [-0.05, 0) is 48.0 Å². The molecule has 26 heavy (non-hydrogen) atoms. The Kier molecular flexibility index (Phi) is 5.58. The largest absolute Gasteiger partial charge is 0.489 e. The van der Waals surface area contributed by atoms with Crippen molar-refractivity contribution in [3.05, 3.63) is 82.6 Å². The average molecular weight is 370 g/mol. The molecule has 1 heterocycles. The highest BCUT2D eigenvalue weighted by Crippen LogP contribution is 2.17. The van der Waals surface area contributed by atoms with E-state index in [1.807, 2.05) is 55.7 Å². The van der Waals surface area contributed by atoms with Crippen LogP contribution < -0.4 is 4.74 Å². The first kappa shape index (κ1) is 18.0.